The molecule has 1 aliphatic rings. The number of rotatable bonds is 5. The Hall–Kier alpha value is -1.35. The number of amides is 1. The van der Waals surface area contributed by atoms with E-state index in [2.05, 4.69) is 13.0 Å². The molecule has 0 radical (unpaired) electrons. The van der Waals surface area contributed by atoms with E-state index in [4.69, 9.17) is 0 Å². The first kappa shape index (κ1) is 14.1. The zero-order valence-electron chi connectivity index (χ0n) is 11.9. The number of unbranched alkanes of at least 4 members (excludes halogenated alkanes) is 1. The van der Waals surface area contributed by atoms with Crippen LogP contribution >= 0.6 is 0 Å². The summed E-state index contributed by atoms with van der Waals surface area (Å²) in [6.45, 7) is 4.84. The highest BCUT2D eigenvalue weighted by Crippen LogP contribution is 2.31. The molecule has 0 saturated heterocycles. The maximum Gasteiger partial charge on any atom is 0.227 e. The minimum absolute atomic E-state index is 0.203. The summed E-state index contributed by atoms with van der Waals surface area (Å²) in [6.07, 6.45) is 3.94. The normalized spacial score (nSPS) is 16.4. The van der Waals surface area contributed by atoms with Gasteiger partial charge in [0.25, 0.3) is 0 Å². The molecule has 1 N–H and O–H groups in total. The molecule has 3 nitrogen and oxygen atoms in total. The lowest BCUT2D eigenvalue weighted by molar-refractivity contribution is -0.118. The molecule has 0 spiro atoms. The van der Waals surface area contributed by atoms with Gasteiger partial charge < -0.3 is 10.0 Å². The third-order valence-electron chi connectivity index (χ3n) is 3.84. The second-order valence-corrected chi connectivity index (χ2v) is 5.18. The molecule has 1 aromatic carbocycles. The molecule has 0 aromatic heterocycles. The topological polar surface area (TPSA) is 40.5 Å². The predicted molar refractivity (Wildman–Crippen MR) is 77.3 cm³/mol. The number of nitrogens with zero attached hydrogens (tertiary/aromatic N) is 1. The lowest BCUT2D eigenvalue weighted by atomic mass is 9.95. The Labute approximate surface area is 115 Å². The fraction of sp³-hybridized carbons (Fsp3) is 0.562. The molecule has 1 aromatic rings. The molecule has 19 heavy (non-hydrogen) atoms. The van der Waals surface area contributed by atoms with Crippen molar-refractivity contribution in [2.75, 3.05) is 11.4 Å². The second kappa shape index (κ2) is 6.20. The average Bonchev–Trinajstić information content (AvgIpc) is 2.44. The van der Waals surface area contributed by atoms with Crippen LogP contribution in [0.2, 0.25) is 0 Å². The van der Waals surface area contributed by atoms with Crippen LogP contribution in [0.3, 0.4) is 0 Å². The summed E-state index contributed by atoms with van der Waals surface area (Å²) in [5, 5.41) is 10.1. The highest BCUT2D eigenvalue weighted by atomic mass is 16.3. The molecule has 2 rings (SSSR count). The Morgan fingerprint density at radius 3 is 2.79 bits per heavy atom. The standard InChI is InChI=1S/C16H23NO2/c1-3-5-6-15(18)13-7-9-14-12(11-13)8-10-16(19)17(14)4-2/h7,9,11,15,18H,3-6,8,10H2,1-2H3. The van der Waals surface area contributed by atoms with E-state index >= 15 is 0 Å². The smallest absolute Gasteiger partial charge is 0.227 e. The van der Waals surface area contributed by atoms with Crippen LogP contribution in [0.25, 0.3) is 0 Å². The van der Waals surface area contributed by atoms with Crippen molar-refractivity contribution < 1.29 is 9.90 Å². The van der Waals surface area contributed by atoms with Crippen LogP contribution in [-0.4, -0.2) is 17.6 Å². The molecule has 1 aliphatic heterocycles. The van der Waals surface area contributed by atoms with Crippen molar-refractivity contribution in [2.24, 2.45) is 0 Å². The van der Waals surface area contributed by atoms with Crippen molar-refractivity contribution in [1.82, 2.24) is 0 Å². The number of aryl methyl sites for hydroxylation is 1. The van der Waals surface area contributed by atoms with Gasteiger partial charge in [0.2, 0.25) is 5.91 Å². The zero-order valence-corrected chi connectivity index (χ0v) is 11.9. The molecule has 1 amide bonds. The highest BCUT2D eigenvalue weighted by Gasteiger charge is 2.23. The first-order valence-electron chi connectivity index (χ1n) is 7.28. The number of aliphatic hydroxyl groups excluding tert-OH is 1. The molecular weight excluding hydrogens is 238 g/mol. The number of carbonyl (C=O) groups is 1. The van der Waals surface area contributed by atoms with E-state index in [0.717, 1.165) is 36.9 Å². The van der Waals surface area contributed by atoms with Crippen molar-refractivity contribution in [1.29, 1.82) is 0 Å². The van der Waals surface area contributed by atoms with Gasteiger partial charge >= 0.3 is 0 Å². The minimum Gasteiger partial charge on any atom is -0.388 e. The van der Waals surface area contributed by atoms with Gasteiger partial charge in [0.05, 0.1) is 6.10 Å². The van der Waals surface area contributed by atoms with Crippen LogP contribution in [-0.2, 0) is 11.2 Å². The van der Waals surface area contributed by atoms with E-state index in [1.165, 1.54) is 5.56 Å². The van der Waals surface area contributed by atoms with Crippen LogP contribution in [0.4, 0.5) is 5.69 Å². The maximum absolute atomic E-state index is 11.8. The molecule has 0 saturated carbocycles. The molecule has 3 heteroatoms. The third kappa shape index (κ3) is 2.98. The molecule has 1 heterocycles. The van der Waals surface area contributed by atoms with Gasteiger partial charge in [-0.2, -0.15) is 0 Å². The van der Waals surface area contributed by atoms with Crippen LogP contribution in [0.5, 0.6) is 0 Å². The molecular formula is C16H23NO2. The van der Waals surface area contributed by atoms with E-state index < -0.39 is 0 Å². The SMILES string of the molecule is CCCCC(O)c1ccc2c(c1)CCC(=O)N2CC. The fourth-order valence-electron chi connectivity index (χ4n) is 2.70. The molecule has 1 unspecified atom stereocenters. The van der Waals surface area contributed by atoms with Gasteiger partial charge in [-0.15, -0.1) is 0 Å². The fourth-order valence-corrected chi connectivity index (χ4v) is 2.70. The Morgan fingerprint density at radius 2 is 2.11 bits per heavy atom. The van der Waals surface area contributed by atoms with Gasteiger partial charge in [0.1, 0.15) is 0 Å². The van der Waals surface area contributed by atoms with Crippen LogP contribution in [0.1, 0.15) is 56.8 Å². The summed E-state index contributed by atoms with van der Waals surface area (Å²) < 4.78 is 0. The zero-order chi connectivity index (χ0) is 13.8. The van der Waals surface area contributed by atoms with Gasteiger partial charge in [0, 0.05) is 18.7 Å². The van der Waals surface area contributed by atoms with Gasteiger partial charge in [-0.3, -0.25) is 4.79 Å². The number of fused-ring (bicyclic) bond motifs is 1. The van der Waals surface area contributed by atoms with E-state index in [0.29, 0.717) is 13.0 Å². The lowest BCUT2D eigenvalue weighted by Gasteiger charge is -2.29. The first-order valence-corrected chi connectivity index (χ1v) is 7.28. The highest BCUT2D eigenvalue weighted by molar-refractivity contribution is 5.96. The number of aliphatic hydroxyl groups is 1. The minimum atomic E-state index is -0.377. The van der Waals surface area contributed by atoms with Crippen molar-refractivity contribution in [2.45, 2.75) is 52.1 Å². The van der Waals surface area contributed by atoms with Crippen LogP contribution < -0.4 is 4.90 Å². The number of anilines is 1. The second-order valence-electron chi connectivity index (χ2n) is 5.18. The van der Waals surface area contributed by atoms with Gasteiger partial charge in [-0.25, -0.2) is 0 Å². The van der Waals surface area contributed by atoms with E-state index in [1.807, 2.05) is 24.0 Å². The lowest BCUT2D eigenvalue weighted by Crippen LogP contribution is -2.34. The average molecular weight is 261 g/mol. The largest absolute Gasteiger partial charge is 0.388 e. The number of benzene rings is 1. The summed E-state index contributed by atoms with van der Waals surface area (Å²) in [4.78, 5) is 13.7. The van der Waals surface area contributed by atoms with Gasteiger partial charge in [-0.05, 0) is 37.0 Å². The predicted octanol–water partition coefficient (Wildman–Crippen LogP) is 3.21. The molecule has 0 fully saturated rings. The summed E-state index contributed by atoms with van der Waals surface area (Å²) >= 11 is 0. The summed E-state index contributed by atoms with van der Waals surface area (Å²) in [6, 6.07) is 6.02. The summed E-state index contributed by atoms with van der Waals surface area (Å²) in [5.74, 6) is 0.203. The monoisotopic (exact) mass is 261 g/mol. The number of carbonyl (C=O) groups excluding carboxylic acids is 1. The summed E-state index contributed by atoms with van der Waals surface area (Å²) in [5.41, 5.74) is 3.19. The van der Waals surface area contributed by atoms with E-state index in [-0.39, 0.29) is 12.0 Å². The Bertz CT molecular complexity index is 456. The van der Waals surface area contributed by atoms with Gasteiger partial charge in [-0.1, -0.05) is 31.9 Å². The Balaban J connectivity index is 2.22. The Kier molecular flexibility index (Phi) is 4.59. The molecule has 0 bridgehead atoms. The van der Waals surface area contributed by atoms with E-state index in [1.54, 1.807) is 0 Å². The van der Waals surface area contributed by atoms with Crippen LogP contribution in [0, 0.1) is 0 Å². The van der Waals surface area contributed by atoms with E-state index in [9.17, 15) is 9.90 Å². The Morgan fingerprint density at radius 1 is 1.32 bits per heavy atom. The molecule has 0 aliphatic carbocycles. The molecule has 1 atom stereocenters. The van der Waals surface area contributed by atoms with Crippen molar-refractivity contribution in [3.05, 3.63) is 29.3 Å². The van der Waals surface area contributed by atoms with Crippen molar-refractivity contribution in [3.63, 3.8) is 0 Å². The quantitative estimate of drug-likeness (QED) is 0.884. The summed E-state index contributed by atoms with van der Waals surface area (Å²) in [7, 11) is 0. The number of hydrogen-bond acceptors (Lipinski definition) is 2. The number of hydrogen-bond donors (Lipinski definition) is 1. The van der Waals surface area contributed by atoms with Crippen molar-refractivity contribution in [3.8, 4) is 0 Å². The van der Waals surface area contributed by atoms with Crippen LogP contribution in [0.15, 0.2) is 18.2 Å². The van der Waals surface area contributed by atoms with Gasteiger partial charge in [0.15, 0.2) is 0 Å². The maximum atomic E-state index is 11.8. The molecule has 104 valence electrons. The van der Waals surface area contributed by atoms with Crippen molar-refractivity contribution >= 4 is 11.6 Å². The third-order valence-corrected chi connectivity index (χ3v) is 3.84. The first-order chi connectivity index (χ1) is 9.17.